The Hall–Kier alpha value is -4.98. The maximum Gasteiger partial charge on any atom is 0.159 e. The Morgan fingerprint density at radius 1 is 0.457 bits per heavy atom. The largest absolute Gasteiger partial charge is 0.457 e. The highest BCUT2D eigenvalue weighted by molar-refractivity contribution is 5.84. The fraction of sp³-hybridized carbons (Fsp3) is 0.316. The Bertz CT molecular complexity index is 1480. The molecule has 0 radical (unpaired) electrons. The number of hydrogen-bond donors (Lipinski definition) is 0. The number of benzene rings is 4. The minimum Gasteiger partial charge on any atom is -0.457 e. The van der Waals surface area contributed by atoms with E-state index in [9.17, 15) is 0 Å². The van der Waals surface area contributed by atoms with Gasteiger partial charge in [0.1, 0.15) is 34.7 Å². The number of nitrogens with zero attached hydrogens (tertiary/aromatic N) is 4. The monoisotopic (exact) mass is 616 g/mol. The molecule has 0 saturated carbocycles. The number of rotatable bonds is 6. The maximum absolute atomic E-state index is 5.82. The smallest absolute Gasteiger partial charge is 0.159 e. The molecule has 0 bridgehead atoms. The molecule has 8 rings (SSSR count). The van der Waals surface area contributed by atoms with Crippen molar-refractivity contribution in [1.29, 1.82) is 0 Å². The van der Waals surface area contributed by atoms with Crippen molar-refractivity contribution in [2.45, 2.75) is 50.7 Å². The lowest BCUT2D eigenvalue weighted by molar-refractivity contribution is 0.0854. The summed E-state index contributed by atoms with van der Waals surface area (Å²) >= 11 is 0. The second-order valence-electron chi connectivity index (χ2n) is 12.0. The highest BCUT2D eigenvalue weighted by Crippen LogP contribution is 2.33. The van der Waals surface area contributed by atoms with E-state index in [0.29, 0.717) is 0 Å². The molecule has 0 aliphatic carbocycles. The molecule has 2 atom stereocenters. The summed E-state index contributed by atoms with van der Waals surface area (Å²) < 4.78 is 11.6. The second kappa shape index (κ2) is 14.4. The number of para-hydroxylation sites is 2. The first-order valence-electron chi connectivity index (χ1n) is 16.4. The third-order valence-electron chi connectivity index (χ3n) is 8.71. The Kier molecular flexibility index (Phi) is 9.31. The number of ether oxygens (including phenoxy) is 2. The number of amidine groups is 2. The standard InChI is InChI=1S/2C19H20N2O2/c2*1-2-6-16(7-3-1)22-17-10-8-15(9-11-17)18-14-19(20-23-18)21-12-4-5-13-21/h2*1-3,6-11,18H,4-5,12-14H2/t2*18-/m10/s1. The molecule has 8 heteroatoms. The molecular formula is C38H40N4O4. The van der Waals surface area contributed by atoms with Crippen molar-refractivity contribution in [3.05, 3.63) is 120 Å². The van der Waals surface area contributed by atoms with E-state index in [0.717, 1.165) is 84.8 Å². The Balaban J connectivity index is 0.000000147. The molecule has 4 aromatic carbocycles. The first-order chi connectivity index (χ1) is 22.8. The van der Waals surface area contributed by atoms with Gasteiger partial charge in [-0.15, -0.1) is 0 Å². The van der Waals surface area contributed by atoms with Crippen molar-refractivity contribution in [2.24, 2.45) is 10.3 Å². The van der Waals surface area contributed by atoms with Crippen molar-refractivity contribution in [1.82, 2.24) is 9.80 Å². The van der Waals surface area contributed by atoms with E-state index in [1.54, 1.807) is 0 Å². The first kappa shape index (κ1) is 29.7. The van der Waals surface area contributed by atoms with Crippen LogP contribution in [0.2, 0.25) is 0 Å². The molecule has 0 amide bonds. The zero-order valence-electron chi connectivity index (χ0n) is 26.0. The van der Waals surface area contributed by atoms with Gasteiger partial charge in [0.15, 0.2) is 12.2 Å². The summed E-state index contributed by atoms with van der Waals surface area (Å²) in [5.41, 5.74) is 2.28. The van der Waals surface area contributed by atoms with E-state index >= 15 is 0 Å². The topological polar surface area (TPSA) is 68.1 Å². The van der Waals surface area contributed by atoms with Crippen LogP contribution in [0.3, 0.4) is 0 Å². The van der Waals surface area contributed by atoms with Crippen LogP contribution in [0.25, 0.3) is 0 Å². The van der Waals surface area contributed by atoms with Gasteiger partial charge in [-0.25, -0.2) is 0 Å². The summed E-state index contributed by atoms with van der Waals surface area (Å²) in [4.78, 5) is 15.9. The molecule has 0 aromatic heterocycles. The van der Waals surface area contributed by atoms with Gasteiger partial charge in [-0.3, -0.25) is 0 Å². The van der Waals surface area contributed by atoms with E-state index < -0.39 is 0 Å². The molecule has 46 heavy (non-hydrogen) atoms. The zero-order chi connectivity index (χ0) is 31.0. The van der Waals surface area contributed by atoms with E-state index in [1.807, 2.05) is 84.9 Å². The SMILES string of the molecule is c1ccc(Oc2ccc([C@@H]3CC(N4CCCC4)=NO3)cc2)cc1.c1ccc(Oc2ccc([C@H]3CC(N4CCCC4)=NO3)cc2)cc1. The van der Waals surface area contributed by atoms with Gasteiger partial charge in [0.05, 0.1) is 12.8 Å². The number of hydrogen-bond acceptors (Lipinski definition) is 8. The van der Waals surface area contributed by atoms with Crippen molar-refractivity contribution >= 4 is 11.7 Å². The fourth-order valence-electron chi connectivity index (χ4n) is 6.16. The summed E-state index contributed by atoms with van der Waals surface area (Å²) in [5.74, 6) is 5.54. The normalized spacial score (nSPS) is 20.3. The lowest BCUT2D eigenvalue weighted by Gasteiger charge is -2.15. The van der Waals surface area contributed by atoms with E-state index in [-0.39, 0.29) is 12.2 Å². The highest BCUT2D eigenvalue weighted by atomic mass is 16.6. The van der Waals surface area contributed by atoms with E-state index in [4.69, 9.17) is 19.1 Å². The molecule has 8 nitrogen and oxygen atoms in total. The lowest BCUT2D eigenvalue weighted by atomic mass is 10.1. The third kappa shape index (κ3) is 7.45. The molecular weight excluding hydrogens is 576 g/mol. The van der Waals surface area contributed by atoms with Gasteiger partial charge in [0.25, 0.3) is 0 Å². The third-order valence-corrected chi connectivity index (χ3v) is 8.71. The van der Waals surface area contributed by atoms with Crippen LogP contribution in [-0.2, 0) is 9.68 Å². The van der Waals surface area contributed by atoms with Crippen LogP contribution < -0.4 is 9.47 Å². The highest BCUT2D eigenvalue weighted by Gasteiger charge is 2.29. The average molecular weight is 617 g/mol. The summed E-state index contributed by atoms with van der Waals surface area (Å²) in [6.07, 6.45) is 6.81. The van der Waals surface area contributed by atoms with E-state index in [1.165, 1.54) is 25.7 Å². The minimum absolute atomic E-state index is 0.0244. The molecule has 4 heterocycles. The Morgan fingerprint density at radius 2 is 0.804 bits per heavy atom. The van der Waals surface area contributed by atoms with Crippen molar-refractivity contribution < 1.29 is 19.1 Å². The molecule has 2 saturated heterocycles. The molecule has 236 valence electrons. The lowest BCUT2D eigenvalue weighted by Crippen LogP contribution is -2.26. The summed E-state index contributed by atoms with van der Waals surface area (Å²) in [5, 5.41) is 8.55. The average Bonchev–Trinajstić information content (AvgIpc) is 3.94. The van der Waals surface area contributed by atoms with Crippen LogP contribution in [0.15, 0.2) is 120 Å². The Morgan fingerprint density at radius 3 is 1.17 bits per heavy atom. The molecule has 0 spiro atoms. The maximum atomic E-state index is 5.82. The summed E-state index contributed by atoms with van der Waals surface area (Å²) in [6.45, 7) is 4.44. The van der Waals surface area contributed by atoms with E-state index in [2.05, 4.69) is 44.4 Å². The second-order valence-corrected chi connectivity index (χ2v) is 12.0. The van der Waals surface area contributed by atoms with Crippen LogP contribution in [-0.4, -0.2) is 47.7 Å². The van der Waals surface area contributed by atoms with Crippen LogP contribution in [0.4, 0.5) is 0 Å². The summed E-state index contributed by atoms with van der Waals surface area (Å²) in [6, 6.07) is 35.8. The van der Waals surface area contributed by atoms with Gasteiger partial charge < -0.3 is 28.9 Å². The quantitative estimate of drug-likeness (QED) is 0.216. The van der Waals surface area contributed by atoms with Crippen LogP contribution in [0.5, 0.6) is 23.0 Å². The van der Waals surface area contributed by atoms with Gasteiger partial charge in [-0.1, -0.05) is 71.0 Å². The van der Waals surface area contributed by atoms with Gasteiger partial charge in [0, 0.05) is 26.2 Å². The molecule has 0 unspecified atom stereocenters. The summed E-state index contributed by atoms with van der Waals surface area (Å²) in [7, 11) is 0. The zero-order valence-corrected chi connectivity index (χ0v) is 26.0. The van der Waals surface area contributed by atoms with Crippen LogP contribution >= 0.6 is 0 Å². The van der Waals surface area contributed by atoms with Gasteiger partial charge in [-0.05, 0) is 85.3 Å². The van der Waals surface area contributed by atoms with Crippen LogP contribution in [0.1, 0.15) is 61.9 Å². The van der Waals surface area contributed by atoms with Gasteiger partial charge >= 0.3 is 0 Å². The molecule has 4 aliphatic heterocycles. The van der Waals surface area contributed by atoms with Crippen LogP contribution in [0, 0.1) is 0 Å². The first-order valence-corrected chi connectivity index (χ1v) is 16.4. The predicted molar refractivity (Wildman–Crippen MR) is 179 cm³/mol. The number of likely N-dealkylation sites (tertiary alicyclic amines) is 2. The number of oxime groups is 2. The molecule has 4 aliphatic rings. The Labute approximate surface area is 270 Å². The van der Waals surface area contributed by atoms with Crippen molar-refractivity contribution in [3.8, 4) is 23.0 Å². The molecule has 0 N–H and O–H groups in total. The van der Waals surface area contributed by atoms with Crippen molar-refractivity contribution in [2.75, 3.05) is 26.2 Å². The molecule has 2 fully saturated rings. The minimum atomic E-state index is 0.0244. The van der Waals surface area contributed by atoms with Gasteiger partial charge in [-0.2, -0.15) is 0 Å². The van der Waals surface area contributed by atoms with Crippen molar-refractivity contribution in [3.63, 3.8) is 0 Å². The fourth-order valence-corrected chi connectivity index (χ4v) is 6.16. The molecule has 4 aromatic rings. The predicted octanol–water partition coefficient (Wildman–Crippen LogP) is 8.70. The van der Waals surface area contributed by atoms with Gasteiger partial charge in [0.2, 0.25) is 0 Å².